The van der Waals surface area contributed by atoms with Crippen LogP contribution in [0.4, 0.5) is 0 Å². The molecule has 4 fully saturated rings. The molecule has 216 valence electrons. The number of carbonyl (C=O) groups is 1. The third kappa shape index (κ3) is 3.88. The van der Waals surface area contributed by atoms with Gasteiger partial charge in [-0.2, -0.15) is 0 Å². The second kappa shape index (κ2) is 8.71. The predicted molar refractivity (Wildman–Crippen MR) is 157 cm³/mol. The lowest BCUT2D eigenvalue weighted by Crippen LogP contribution is -2.63. The summed E-state index contributed by atoms with van der Waals surface area (Å²) in [6, 6.07) is 1.92. The molecule has 0 saturated heterocycles. The second-order valence-electron chi connectivity index (χ2n) is 16.7. The normalized spacial score (nSPS) is 46.7. The van der Waals surface area contributed by atoms with E-state index < -0.39 is 0 Å². The van der Waals surface area contributed by atoms with Crippen LogP contribution in [0.2, 0.25) is 0 Å². The average Bonchev–Trinajstić information content (AvgIpc) is 3.28. The van der Waals surface area contributed by atoms with Crippen LogP contribution in [0.5, 0.6) is 0 Å². The van der Waals surface area contributed by atoms with Crippen LogP contribution in [0.25, 0.3) is 0 Å². The molecule has 5 aliphatic carbocycles. The number of allylic oxidation sites excluding steroid dienone is 2. The van der Waals surface area contributed by atoms with Crippen LogP contribution in [-0.2, 0) is 11.3 Å². The molecule has 1 heterocycles. The van der Waals surface area contributed by atoms with E-state index >= 15 is 0 Å². The maximum absolute atomic E-state index is 13.7. The molecule has 0 bridgehead atoms. The van der Waals surface area contributed by atoms with Gasteiger partial charge in [0.25, 0.3) is 0 Å². The van der Waals surface area contributed by atoms with Crippen molar-refractivity contribution in [3.05, 3.63) is 29.2 Å². The highest BCUT2D eigenvalue weighted by atomic mass is 16.5. The lowest BCUT2D eigenvalue weighted by molar-refractivity contribution is -0.180. The van der Waals surface area contributed by atoms with Crippen LogP contribution < -0.4 is 5.32 Å². The zero-order chi connectivity index (χ0) is 28.1. The van der Waals surface area contributed by atoms with Gasteiger partial charge in [-0.1, -0.05) is 71.7 Å². The Labute approximate surface area is 237 Å². The zero-order valence-corrected chi connectivity index (χ0v) is 26.1. The number of carbonyl (C=O) groups excluding carboxylic acids is 1. The van der Waals surface area contributed by atoms with Crippen LogP contribution in [0.1, 0.15) is 131 Å². The zero-order valence-electron chi connectivity index (χ0n) is 26.1. The number of fused-ring (bicyclic) bond motifs is 7. The van der Waals surface area contributed by atoms with E-state index in [2.05, 4.69) is 65.0 Å². The molecule has 8 atom stereocenters. The number of hydrogen-bond donors (Lipinski definition) is 1. The third-order valence-corrected chi connectivity index (χ3v) is 14.2. The summed E-state index contributed by atoms with van der Waals surface area (Å²) in [5.41, 5.74) is 4.05. The van der Waals surface area contributed by atoms with E-state index in [1.54, 1.807) is 5.57 Å². The summed E-state index contributed by atoms with van der Waals surface area (Å²) in [6.07, 6.45) is 16.6. The number of nitrogens with one attached hydrogen (secondary N) is 1. The topological polar surface area (TPSA) is 55.1 Å². The maximum atomic E-state index is 13.7. The largest absolute Gasteiger partial charge is 0.359 e. The predicted octanol–water partition coefficient (Wildman–Crippen LogP) is 8.79. The fourth-order valence-corrected chi connectivity index (χ4v) is 11.5. The van der Waals surface area contributed by atoms with Crippen molar-refractivity contribution in [2.45, 2.75) is 133 Å². The highest BCUT2D eigenvalue weighted by Crippen LogP contribution is 2.75. The lowest BCUT2D eigenvalue weighted by Gasteiger charge is -2.71. The van der Waals surface area contributed by atoms with Gasteiger partial charge in [0.05, 0.1) is 12.2 Å². The molecule has 2 unspecified atom stereocenters. The molecule has 4 saturated carbocycles. The molecule has 39 heavy (non-hydrogen) atoms. The Kier molecular flexibility index (Phi) is 6.16. The summed E-state index contributed by atoms with van der Waals surface area (Å²) in [7, 11) is 0. The first-order valence-electron chi connectivity index (χ1n) is 16.1. The van der Waals surface area contributed by atoms with Gasteiger partial charge in [-0.05, 0) is 116 Å². The SMILES string of the molecule is Cc1cc(CNC(=O)[C@@]2(C)CC[C@]3(C)CC[C@@]4(C)C(=CCC5[C@@]6(C)CCCC(C)(C)C6CC[C@]54C)[C@H]3C2)on1. The van der Waals surface area contributed by atoms with E-state index in [1.165, 1.54) is 51.4 Å². The highest BCUT2D eigenvalue weighted by molar-refractivity contribution is 5.82. The van der Waals surface area contributed by atoms with Crippen molar-refractivity contribution >= 4 is 5.91 Å². The van der Waals surface area contributed by atoms with Gasteiger partial charge in [-0.3, -0.25) is 4.79 Å². The fraction of sp³-hybridized carbons (Fsp3) is 0.829. The van der Waals surface area contributed by atoms with Gasteiger partial charge in [0, 0.05) is 11.5 Å². The molecule has 1 amide bonds. The molecule has 1 aromatic heterocycles. The minimum atomic E-state index is -0.340. The molecule has 0 radical (unpaired) electrons. The number of hydrogen-bond acceptors (Lipinski definition) is 3. The van der Waals surface area contributed by atoms with Crippen LogP contribution in [0.3, 0.4) is 0 Å². The van der Waals surface area contributed by atoms with Crippen molar-refractivity contribution in [1.29, 1.82) is 0 Å². The van der Waals surface area contributed by atoms with Crippen molar-refractivity contribution in [3.8, 4) is 0 Å². The van der Waals surface area contributed by atoms with Gasteiger partial charge in [0.15, 0.2) is 5.76 Å². The van der Waals surface area contributed by atoms with E-state index in [1.807, 2.05) is 13.0 Å². The Hall–Kier alpha value is -1.58. The molecule has 1 N–H and O–H groups in total. The molecule has 4 heteroatoms. The van der Waals surface area contributed by atoms with E-state index in [0.717, 1.165) is 42.6 Å². The summed E-state index contributed by atoms with van der Waals surface area (Å²) in [4.78, 5) is 13.7. The van der Waals surface area contributed by atoms with Gasteiger partial charge < -0.3 is 9.84 Å². The van der Waals surface area contributed by atoms with Crippen molar-refractivity contribution < 1.29 is 9.32 Å². The standard InChI is InChI=1S/C35H54N2O2/c1-23-20-24(39-37-23)22-36-29(38)32(5)17-16-31(4)18-19-34(7)25(26(31)21-32)10-11-28-33(6)14-9-13-30(2,3)27(33)12-15-35(28,34)8/h10,20,26-28H,9,11-19,21-22H2,1-8H3,(H,36,38)/t26-,27?,28?,31-,32+,33+,34+,35-/m1/s1. The van der Waals surface area contributed by atoms with Crippen molar-refractivity contribution in [3.63, 3.8) is 0 Å². The van der Waals surface area contributed by atoms with Crippen molar-refractivity contribution in [1.82, 2.24) is 10.5 Å². The lowest BCUT2D eigenvalue weighted by atomic mass is 9.34. The van der Waals surface area contributed by atoms with Crippen LogP contribution in [0.15, 0.2) is 22.2 Å². The van der Waals surface area contributed by atoms with E-state index in [0.29, 0.717) is 34.1 Å². The molecule has 6 rings (SSSR count). The molecular weight excluding hydrogens is 480 g/mol. The fourth-order valence-electron chi connectivity index (χ4n) is 11.5. The van der Waals surface area contributed by atoms with Crippen LogP contribution >= 0.6 is 0 Å². The molecule has 0 aliphatic heterocycles. The molecule has 4 nitrogen and oxygen atoms in total. The van der Waals surface area contributed by atoms with E-state index in [-0.39, 0.29) is 16.7 Å². The Morgan fingerprint density at radius 1 is 0.974 bits per heavy atom. The first-order chi connectivity index (χ1) is 18.2. The van der Waals surface area contributed by atoms with Crippen molar-refractivity contribution in [2.24, 2.45) is 50.2 Å². The summed E-state index contributed by atoms with van der Waals surface area (Å²) in [5.74, 6) is 3.03. The van der Waals surface area contributed by atoms with Gasteiger partial charge in [0.2, 0.25) is 5.91 Å². The summed E-state index contributed by atoms with van der Waals surface area (Å²) >= 11 is 0. The van der Waals surface area contributed by atoms with Crippen LogP contribution in [0, 0.1) is 57.2 Å². The van der Waals surface area contributed by atoms with E-state index in [9.17, 15) is 4.79 Å². The van der Waals surface area contributed by atoms with Crippen molar-refractivity contribution in [2.75, 3.05) is 0 Å². The number of aromatic nitrogens is 1. The van der Waals surface area contributed by atoms with Gasteiger partial charge in [-0.15, -0.1) is 0 Å². The summed E-state index contributed by atoms with van der Waals surface area (Å²) < 4.78 is 5.37. The van der Waals surface area contributed by atoms with E-state index in [4.69, 9.17) is 4.52 Å². The Balaban J connectivity index is 1.30. The Morgan fingerprint density at radius 3 is 2.44 bits per heavy atom. The minimum Gasteiger partial charge on any atom is -0.359 e. The monoisotopic (exact) mass is 534 g/mol. The van der Waals surface area contributed by atoms with Crippen LogP contribution in [-0.4, -0.2) is 11.1 Å². The van der Waals surface area contributed by atoms with Gasteiger partial charge in [-0.25, -0.2) is 0 Å². The summed E-state index contributed by atoms with van der Waals surface area (Å²) in [5, 5.41) is 7.20. The highest BCUT2D eigenvalue weighted by Gasteiger charge is 2.67. The number of amides is 1. The number of rotatable bonds is 3. The second-order valence-corrected chi connectivity index (χ2v) is 16.7. The quantitative estimate of drug-likeness (QED) is 0.394. The number of aryl methyl sites for hydroxylation is 1. The molecule has 5 aliphatic rings. The molecule has 0 aromatic carbocycles. The maximum Gasteiger partial charge on any atom is 0.226 e. The first kappa shape index (κ1) is 27.6. The summed E-state index contributed by atoms with van der Waals surface area (Å²) in [6.45, 7) is 20.3. The molecule has 1 aromatic rings. The van der Waals surface area contributed by atoms with Gasteiger partial charge >= 0.3 is 0 Å². The minimum absolute atomic E-state index is 0.184. The Morgan fingerprint density at radius 2 is 1.72 bits per heavy atom. The average molecular weight is 535 g/mol. The number of nitrogens with zero attached hydrogens (tertiary/aromatic N) is 1. The smallest absolute Gasteiger partial charge is 0.226 e. The third-order valence-electron chi connectivity index (χ3n) is 14.2. The van der Waals surface area contributed by atoms with Gasteiger partial charge in [0.1, 0.15) is 0 Å². The Bertz CT molecular complexity index is 1180. The first-order valence-corrected chi connectivity index (χ1v) is 16.1. The molecule has 0 spiro atoms. The molecular formula is C35H54N2O2.